The van der Waals surface area contributed by atoms with Gasteiger partial charge < -0.3 is 33.0 Å². The molecule has 0 unspecified atom stereocenters. The van der Waals surface area contributed by atoms with Crippen molar-refractivity contribution in [2.45, 2.75) is 26.8 Å². The summed E-state index contributed by atoms with van der Waals surface area (Å²) >= 11 is 0. The van der Waals surface area contributed by atoms with Crippen molar-refractivity contribution in [3.8, 4) is 39.9 Å². The molecule has 0 amide bonds. The van der Waals surface area contributed by atoms with Gasteiger partial charge in [-0.15, -0.1) is 0 Å². The molecule has 0 spiro atoms. The third kappa shape index (κ3) is 5.15. The Hall–Kier alpha value is -4.47. The molecule has 0 radical (unpaired) electrons. The van der Waals surface area contributed by atoms with Gasteiger partial charge in [0.1, 0.15) is 11.5 Å². The average Bonchev–Trinajstić information content (AvgIpc) is 3.39. The third-order valence-electron chi connectivity index (χ3n) is 6.07. The first kappa shape index (κ1) is 26.6. The maximum Gasteiger partial charge on any atom is 0.513 e. The van der Waals surface area contributed by atoms with Crippen LogP contribution >= 0.6 is 0 Å². The highest BCUT2D eigenvalue weighted by Gasteiger charge is 2.24. The molecule has 0 fully saturated rings. The summed E-state index contributed by atoms with van der Waals surface area (Å²) in [5.41, 5.74) is 2.45. The number of benzene rings is 2. The summed E-state index contributed by atoms with van der Waals surface area (Å²) in [6.45, 7) is 4.21. The molecule has 2 aromatic carbocycles. The zero-order valence-corrected chi connectivity index (χ0v) is 22.4. The van der Waals surface area contributed by atoms with E-state index in [9.17, 15) is 4.79 Å². The lowest BCUT2D eigenvalue weighted by molar-refractivity contribution is 0.104. The number of methoxy groups -OCH3 is 4. The van der Waals surface area contributed by atoms with E-state index in [4.69, 9.17) is 33.4 Å². The van der Waals surface area contributed by atoms with Gasteiger partial charge in [-0.2, -0.15) is 0 Å². The lowest BCUT2D eigenvalue weighted by atomic mass is 9.97. The summed E-state index contributed by atoms with van der Waals surface area (Å²) in [6, 6.07) is 9.08. The van der Waals surface area contributed by atoms with Crippen LogP contribution in [-0.2, 0) is 17.7 Å². The predicted molar refractivity (Wildman–Crippen MR) is 142 cm³/mol. The Labute approximate surface area is 221 Å². The van der Waals surface area contributed by atoms with E-state index in [1.54, 1.807) is 53.7 Å². The first-order chi connectivity index (χ1) is 18.5. The van der Waals surface area contributed by atoms with Crippen LogP contribution in [0.5, 0.6) is 28.7 Å². The molecule has 0 aliphatic carbocycles. The Morgan fingerprint density at radius 1 is 0.895 bits per heavy atom. The third-order valence-corrected chi connectivity index (χ3v) is 6.07. The lowest BCUT2D eigenvalue weighted by Crippen LogP contribution is -2.15. The average molecular weight is 522 g/mol. The number of carbonyl (C=O) groups excluding carboxylic acids is 1. The predicted octanol–water partition coefficient (Wildman–Crippen LogP) is 5.28. The largest absolute Gasteiger partial charge is 0.513 e. The number of hydrogen-bond donors (Lipinski definition) is 0. The zero-order chi connectivity index (χ0) is 27.2. The van der Waals surface area contributed by atoms with E-state index in [2.05, 4.69) is 4.98 Å². The lowest BCUT2D eigenvalue weighted by Gasteiger charge is -2.20. The quantitative estimate of drug-likeness (QED) is 0.258. The van der Waals surface area contributed by atoms with Crippen LogP contribution in [0.25, 0.3) is 22.0 Å². The standard InChI is InChI=1S/C28H31N3O7/c1-7-25-29-11-12-31(25)16-20-27(38-28(32)37-8-2)26(17-9-10-21(33-3)22(13-17)34-4)18-14-23(35-5)24(36-6)15-19(18)30-20/h9-15H,7-8,16H2,1-6H3. The van der Waals surface area contributed by atoms with Crippen molar-refractivity contribution in [3.05, 3.63) is 54.2 Å². The Morgan fingerprint density at radius 2 is 1.58 bits per heavy atom. The van der Waals surface area contributed by atoms with Gasteiger partial charge in [0.05, 0.1) is 47.1 Å². The Bertz CT molecular complexity index is 1450. The van der Waals surface area contributed by atoms with Crippen molar-refractivity contribution in [1.29, 1.82) is 0 Å². The summed E-state index contributed by atoms with van der Waals surface area (Å²) < 4.78 is 35.1. The minimum absolute atomic E-state index is 0.160. The Kier molecular flexibility index (Phi) is 8.20. The van der Waals surface area contributed by atoms with Crippen molar-refractivity contribution in [3.63, 3.8) is 0 Å². The molecule has 200 valence electrons. The molecule has 0 aliphatic rings. The van der Waals surface area contributed by atoms with Crippen LogP contribution in [0, 0.1) is 0 Å². The number of rotatable bonds is 10. The van der Waals surface area contributed by atoms with E-state index in [0.29, 0.717) is 57.3 Å². The molecule has 4 rings (SSSR count). The van der Waals surface area contributed by atoms with E-state index in [1.165, 1.54) is 0 Å². The van der Waals surface area contributed by atoms with Crippen molar-refractivity contribution >= 4 is 17.1 Å². The molecule has 10 heteroatoms. The molecule has 0 aliphatic heterocycles. The first-order valence-corrected chi connectivity index (χ1v) is 12.1. The van der Waals surface area contributed by atoms with Gasteiger partial charge in [-0.05, 0) is 30.7 Å². The fraction of sp³-hybridized carbons (Fsp3) is 0.321. The second-order valence-corrected chi connectivity index (χ2v) is 8.17. The highest BCUT2D eigenvalue weighted by atomic mass is 16.7. The van der Waals surface area contributed by atoms with Crippen molar-refractivity contribution in [2.75, 3.05) is 35.0 Å². The van der Waals surface area contributed by atoms with Crippen LogP contribution < -0.4 is 23.7 Å². The van der Waals surface area contributed by atoms with E-state index in [0.717, 1.165) is 12.2 Å². The van der Waals surface area contributed by atoms with Gasteiger partial charge in [-0.3, -0.25) is 0 Å². The summed E-state index contributed by atoms with van der Waals surface area (Å²) in [4.78, 5) is 22.0. The molecule has 4 aromatic rings. The number of carbonyl (C=O) groups is 1. The summed E-state index contributed by atoms with van der Waals surface area (Å²) in [6.07, 6.45) is 3.49. The molecular weight excluding hydrogens is 490 g/mol. The molecule has 0 saturated carbocycles. The minimum Gasteiger partial charge on any atom is -0.493 e. The number of hydrogen-bond acceptors (Lipinski definition) is 9. The second-order valence-electron chi connectivity index (χ2n) is 8.17. The number of aryl methyl sites for hydroxylation is 1. The zero-order valence-electron chi connectivity index (χ0n) is 22.4. The summed E-state index contributed by atoms with van der Waals surface area (Å²) in [5.74, 6) is 3.23. The van der Waals surface area contributed by atoms with E-state index >= 15 is 0 Å². The fourth-order valence-corrected chi connectivity index (χ4v) is 4.31. The number of aromatic nitrogens is 3. The summed E-state index contributed by atoms with van der Waals surface area (Å²) in [5, 5.41) is 0.680. The molecule has 38 heavy (non-hydrogen) atoms. The Balaban J connectivity index is 2.08. The number of imidazole rings is 1. The highest BCUT2D eigenvalue weighted by Crippen LogP contribution is 2.45. The molecule has 0 N–H and O–H groups in total. The first-order valence-electron chi connectivity index (χ1n) is 12.1. The molecule has 2 aromatic heterocycles. The van der Waals surface area contributed by atoms with Crippen molar-refractivity contribution in [2.24, 2.45) is 0 Å². The minimum atomic E-state index is -0.835. The topological polar surface area (TPSA) is 103 Å². The van der Waals surface area contributed by atoms with Gasteiger partial charge in [-0.25, -0.2) is 14.8 Å². The van der Waals surface area contributed by atoms with Gasteiger partial charge in [0, 0.05) is 35.8 Å². The van der Waals surface area contributed by atoms with Gasteiger partial charge in [0.25, 0.3) is 0 Å². The van der Waals surface area contributed by atoms with Crippen LogP contribution in [0.3, 0.4) is 0 Å². The SMILES string of the molecule is CCOC(=O)Oc1c(Cn2ccnc2CC)nc2cc(OC)c(OC)cc2c1-c1ccc(OC)c(OC)c1. The van der Waals surface area contributed by atoms with Gasteiger partial charge in [0.2, 0.25) is 0 Å². The maximum atomic E-state index is 12.7. The number of pyridine rings is 1. The fourth-order valence-electron chi connectivity index (χ4n) is 4.31. The molecule has 0 saturated heterocycles. The van der Waals surface area contributed by atoms with Gasteiger partial charge >= 0.3 is 6.16 Å². The smallest absolute Gasteiger partial charge is 0.493 e. The number of nitrogens with zero attached hydrogens (tertiary/aromatic N) is 3. The van der Waals surface area contributed by atoms with E-state index in [-0.39, 0.29) is 12.4 Å². The number of fused-ring (bicyclic) bond motifs is 1. The number of ether oxygens (including phenoxy) is 6. The van der Waals surface area contributed by atoms with Gasteiger partial charge in [-0.1, -0.05) is 13.0 Å². The maximum absolute atomic E-state index is 12.7. The normalized spacial score (nSPS) is 10.8. The highest BCUT2D eigenvalue weighted by molar-refractivity contribution is 6.01. The molecular formula is C28H31N3O7. The Morgan fingerprint density at radius 3 is 2.24 bits per heavy atom. The summed E-state index contributed by atoms with van der Waals surface area (Å²) in [7, 11) is 6.26. The molecule has 2 heterocycles. The van der Waals surface area contributed by atoms with Crippen LogP contribution in [0.15, 0.2) is 42.7 Å². The molecule has 0 bridgehead atoms. The second kappa shape index (κ2) is 11.7. The van der Waals surface area contributed by atoms with Crippen molar-refractivity contribution < 1.29 is 33.2 Å². The van der Waals surface area contributed by atoms with Crippen LogP contribution in [0.2, 0.25) is 0 Å². The van der Waals surface area contributed by atoms with E-state index in [1.807, 2.05) is 35.9 Å². The van der Waals surface area contributed by atoms with Crippen LogP contribution in [0.1, 0.15) is 25.4 Å². The van der Waals surface area contributed by atoms with E-state index < -0.39 is 6.16 Å². The van der Waals surface area contributed by atoms with Crippen LogP contribution in [0.4, 0.5) is 4.79 Å². The monoisotopic (exact) mass is 521 g/mol. The molecule has 0 atom stereocenters. The van der Waals surface area contributed by atoms with Crippen molar-refractivity contribution in [1.82, 2.24) is 14.5 Å². The molecule has 10 nitrogen and oxygen atoms in total. The van der Waals surface area contributed by atoms with Gasteiger partial charge in [0.15, 0.2) is 28.7 Å². The van der Waals surface area contributed by atoms with Crippen LogP contribution in [-0.4, -0.2) is 55.7 Å².